The Morgan fingerprint density at radius 1 is 1.00 bits per heavy atom. The van der Waals surface area contributed by atoms with Gasteiger partial charge in [-0.05, 0) is 42.7 Å². The maximum Gasteiger partial charge on any atom is 0.321 e. The smallest absolute Gasteiger partial charge is 0.321 e. The van der Waals surface area contributed by atoms with Crippen LogP contribution in [-0.4, -0.2) is 5.97 Å². The molecule has 0 amide bonds. The van der Waals surface area contributed by atoms with Crippen LogP contribution >= 0.6 is 0 Å². The Bertz CT molecular complexity index is 586. The summed E-state index contributed by atoms with van der Waals surface area (Å²) in [6, 6.07) is 16.6. The molecule has 21 heavy (non-hydrogen) atoms. The van der Waals surface area contributed by atoms with E-state index in [-0.39, 0.29) is 5.97 Å². The van der Waals surface area contributed by atoms with Crippen molar-refractivity contribution in [2.45, 2.75) is 32.1 Å². The Hall–Kier alpha value is -2.29. The van der Waals surface area contributed by atoms with Crippen molar-refractivity contribution in [3.63, 3.8) is 0 Å². The van der Waals surface area contributed by atoms with E-state index in [1.165, 1.54) is 0 Å². The number of carbonyl (C=O) groups is 1. The third-order valence-electron chi connectivity index (χ3n) is 4.01. The standard InChI is InChI=1S/C18H21NO2/c1-3-18(4-2,14-10-12-15(19)13-11-14)17(20)21-16-8-6-5-7-9-16/h5-13H,3-4,19H2,1-2H3. The third kappa shape index (κ3) is 3.07. The molecule has 3 nitrogen and oxygen atoms in total. The fourth-order valence-corrected chi connectivity index (χ4v) is 2.56. The first-order valence-corrected chi connectivity index (χ1v) is 7.25. The number of para-hydroxylation sites is 1. The predicted octanol–water partition coefficient (Wildman–Crippen LogP) is 3.93. The van der Waals surface area contributed by atoms with Crippen LogP contribution in [0.3, 0.4) is 0 Å². The maximum atomic E-state index is 12.7. The van der Waals surface area contributed by atoms with Crippen molar-refractivity contribution in [1.29, 1.82) is 0 Å². The Labute approximate surface area is 125 Å². The van der Waals surface area contributed by atoms with Gasteiger partial charge in [0.1, 0.15) is 5.75 Å². The molecule has 0 bridgehead atoms. The lowest BCUT2D eigenvalue weighted by Crippen LogP contribution is -2.38. The van der Waals surface area contributed by atoms with E-state index < -0.39 is 5.41 Å². The lowest BCUT2D eigenvalue weighted by molar-refractivity contribution is -0.141. The minimum atomic E-state index is -0.635. The topological polar surface area (TPSA) is 52.3 Å². The van der Waals surface area contributed by atoms with Gasteiger partial charge >= 0.3 is 5.97 Å². The van der Waals surface area contributed by atoms with Gasteiger partial charge < -0.3 is 10.5 Å². The molecule has 0 spiro atoms. The maximum absolute atomic E-state index is 12.7. The summed E-state index contributed by atoms with van der Waals surface area (Å²) in [5, 5.41) is 0. The van der Waals surface area contributed by atoms with E-state index in [1.807, 2.05) is 56.3 Å². The average Bonchev–Trinajstić information content (AvgIpc) is 2.52. The van der Waals surface area contributed by atoms with Crippen LogP contribution in [0.4, 0.5) is 5.69 Å². The van der Waals surface area contributed by atoms with Crippen LogP contribution in [0.25, 0.3) is 0 Å². The van der Waals surface area contributed by atoms with Gasteiger partial charge in [-0.1, -0.05) is 44.2 Å². The first-order chi connectivity index (χ1) is 10.1. The fourth-order valence-electron chi connectivity index (χ4n) is 2.56. The molecule has 0 heterocycles. The van der Waals surface area contributed by atoms with Crippen LogP contribution in [0.1, 0.15) is 32.3 Å². The Kier molecular flexibility index (Phi) is 4.63. The van der Waals surface area contributed by atoms with Crippen LogP contribution in [0, 0.1) is 0 Å². The van der Waals surface area contributed by atoms with Crippen molar-refractivity contribution < 1.29 is 9.53 Å². The summed E-state index contributed by atoms with van der Waals surface area (Å²) in [5.41, 5.74) is 6.74. The molecule has 0 aliphatic rings. The SMILES string of the molecule is CCC(CC)(C(=O)Oc1ccccc1)c1ccc(N)cc1. The highest BCUT2D eigenvalue weighted by molar-refractivity contribution is 5.85. The molecular weight excluding hydrogens is 262 g/mol. The second kappa shape index (κ2) is 6.44. The van der Waals surface area contributed by atoms with E-state index in [9.17, 15) is 4.79 Å². The predicted molar refractivity (Wildman–Crippen MR) is 85.2 cm³/mol. The minimum Gasteiger partial charge on any atom is -0.426 e. The van der Waals surface area contributed by atoms with E-state index >= 15 is 0 Å². The van der Waals surface area contributed by atoms with Gasteiger partial charge in [0.05, 0.1) is 5.41 Å². The van der Waals surface area contributed by atoms with Gasteiger partial charge in [-0.3, -0.25) is 4.79 Å². The number of benzene rings is 2. The quantitative estimate of drug-likeness (QED) is 0.514. The zero-order valence-electron chi connectivity index (χ0n) is 12.5. The molecule has 0 radical (unpaired) electrons. The van der Waals surface area contributed by atoms with E-state index in [2.05, 4.69) is 0 Å². The molecule has 2 aromatic carbocycles. The summed E-state index contributed by atoms with van der Waals surface area (Å²) in [7, 11) is 0. The number of hydrogen-bond acceptors (Lipinski definition) is 3. The number of ether oxygens (including phenoxy) is 1. The summed E-state index contributed by atoms with van der Waals surface area (Å²) in [5.74, 6) is 0.354. The van der Waals surface area contributed by atoms with Crippen LogP contribution < -0.4 is 10.5 Å². The number of anilines is 1. The number of esters is 1. The number of nitrogens with two attached hydrogens (primary N) is 1. The normalized spacial score (nSPS) is 11.1. The van der Waals surface area contributed by atoms with Crippen molar-refractivity contribution in [3.05, 3.63) is 60.2 Å². The largest absolute Gasteiger partial charge is 0.426 e. The fraction of sp³-hybridized carbons (Fsp3) is 0.278. The van der Waals surface area contributed by atoms with Crippen molar-refractivity contribution in [3.8, 4) is 5.75 Å². The second-order valence-corrected chi connectivity index (χ2v) is 5.11. The Balaban J connectivity index is 2.33. The highest BCUT2D eigenvalue weighted by Gasteiger charge is 2.38. The molecule has 2 N–H and O–H groups in total. The first kappa shape index (κ1) is 15.1. The van der Waals surface area contributed by atoms with Crippen LogP contribution in [-0.2, 0) is 10.2 Å². The average molecular weight is 283 g/mol. The van der Waals surface area contributed by atoms with Gasteiger partial charge in [-0.2, -0.15) is 0 Å². The van der Waals surface area contributed by atoms with E-state index in [1.54, 1.807) is 12.1 Å². The van der Waals surface area contributed by atoms with Crippen LogP contribution in [0.5, 0.6) is 5.75 Å². The molecule has 0 aromatic heterocycles. The zero-order chi connectivity index (χ0) is 15.3. The molecule has 0 saturated heterocycles. The van der Waals surface area contributed by atoms with Gasteiger partial charge in [0.15, 0.2) is 0 Å². The number of rotatable bonds is 5. The highest BCUT2D eigenvalue weighted by atomic mass is 16.5. The molecule has 0 aliphatic heterocycles. The van der Waals surface area contributed by atoms with Gasteiger partial charge in [0.2, 0.25) is 0 Å². The van der Waals surface area contributed by atoms with Crippen molar-refractivity contribution in [2.24, 2.45) is 0 Å². The monoisotopic (exact) mass is 283 g/mol. The van der Waals surface area contributed by atoms with Crippen LogP contribution in [0.15, 0.2) is 54.6 Å². The first-order valence-electron chi connectivity index (χ1n) is 7.25. The van der Waals surface area contributed by atoms with E-state index in [4.69, 9.17) is 10.5 Å². The van der Waals surface area contributed by atoms with Gasteiger partial charge in [-0.25, -0.2) is 0 Å². The molecule has 0 fully saturated rings. The number of carbonyl (C=O) groups excluding carboxylic acids is 1. The molecule has 0 atom stereocenters. The van der Waals surface area contributed by atoms with Crippen molar-refractivity contribution in [1.82, 2.24) is 0 Å². The molecule has 0 aliphatic carbocycles. The summed E-state index contributed by atoms with van der Waals surface area (Å²) in [6.07, 6.45) is 1.36. The van der Waals surface area contributed by atoms with Gasteiger partial charge in [-0.15, -0.1) is 0 Å². The Morgan fingerprint density at radius 3 is 2.10 bits per heavy atom. The molecule has 3 heteroatoms. The lowest BCUT2D eigenvalue weighted by Gasteiger charge is -2.29. The van der Waals surface area contributed by atoms with Gasteiger partial charge in [0.25, 0.3) is 0 Å². The molecule has 110 valence electrons. The molecule has 0 saturated carbocycles. The molecule has 2 aromatic rings. The number of nitrogen functional groups attached to an aromatic ring is 1. The van der Waals surface area contributed by atoms with Crippen LogP contribution in [0.2, 0.25) is 0 Å². The highest BCUT2D eigenvalue weighted by Crippen LogP contribution is 2.34. The van der Waals surface area contributed by atoms with Gasteiger partial charge in [0, 0.05) is 5.69 Å². The molecule has 0 unspecified atom stereocenters. The molecule has 2 rings (SSSR count). The molecular formula is C18H21NO2. The van der Waals surface area contributed by atoms with Crippen molar-refractivity contribution in [2.75, 3.05) is 5.73 Å². The summed E-state index contributed by atoms with van der Waals surface area (Å²) >= 11 is 0. The zero-order valence-corrected chi connectivity index (χ0v) is 12.5. The van der Waals surface area contributed by atoms with E-state index in [0.717, 1.165) is 5.56 Å². The summed E-state index contributed by atoms with van der Waals surface area (Å²) < 4.78 is 5.58. The third-order valence-corrected chi connectivity index (χ3v) is 4.01. The lowest BCUT2D eigenvalue weighted by atomic mass is 9.76. The summed E-state index contributed by atoms with van der Waals surface area (Å²) in [6.45, 7) is 4.01. The second-order valence-electron chi connectivity index (χ2n) is 5.11. The number of hydrogen-bond donors (Lipinski definition) is 1. The summed E-state index contributed by atoms with van der Waals surface area (Å²) in [4.78, 5) is 12.7. The van der Waals surface area contributed by atoms with Crippen molar-refractivity contribution >= 4 is 11.7 Å². The minimum absolute atomic E-state index is 0.219. The van der Waals surface area contributed by atoms with E-state index in [0.29, 0.717) is 24.3 Å². The Morgan fingerprint density at radius 2 is 1.57 bits per heavy atom.